The molecule has 1 aromatic carbocycles. The molecular formula is C24H24ClN3O2S. The van der Waals surface area contributed by atoms with Crippen molar-refractivity contribution in [2.24, 2.45) is 5.92 Å². The SMILES string of the molecule is CC1CCN(C(=O)c2ccc(-c3cc(-c4ccnc5c4NCCO5)cs3)c(Cl)c2)CC1. The fourth-order valence-corrected chi connectivity index (χ4v) is 5.44. The molecule has 2 aliphatic rings. The van der Waals surface area contributed by atoms with Gasteiger partial charge in [0.05, 0.1) is 5.02 Å². The monoisotopic (exact) mass is 453 g/mol. The van der Waals surface area contributed by atoms with Gasteiger partial charge in [-0.2, -0.15) is 0 Å². The molecule has 7 heteroatoms. The first-order valence-corrected chi connectivity index (χ1v) is 11.9. The van der Waals surface area contributed by atoms with Crippen molar-refractivity contribution in [2.75, 3.05) is 31.6 Å². The lowest BCUT2D eigenvalue weighted by molar-refractivity contribution is 0.0697. The predicted octanol–water partition coefficient (Wildman–Crippen LogP) is 5.81. The van der Waals surface area contributed by atoms with Gasteiger partial charge in [-0.1, -0.05) is 24.6 Å². The molecule has 0 spiro atoms. The highest BCUT2D eigenvalue weighted by molar-refractivity contribution is 7.14. The quantitative estimate of drug-likeness (QED) is 0.544. The Morgan fingerprint density at radius 3 is 2.87 bits per heavy atom. The number of halogens is 1. The second kappa shape index (κ2) is 8.52. The largest absolute Gasteiger partial charge is 0.474 e. The molecule has 0 radical (unpaired) electrons. The van der Waals surface area contributed by atoms with Crippen LogP contribution in [-0.4, -0.2) is 42.0 Å². The summed E-state index contributed by atoms with van der Waals surface area (Å²) in [6, 6.07) is 9.78. The maximum atomic E-state index is 12.9. The number of piperidine rings is 1. The minimum atomic E-state index is 0.0710. The normalized spacial score (nSPS) is 16.4. The lowest BCUT2D eigenvalue weighted by atomic mass is 9.98. The summed E-state index contributed by atoms with van der Waals surface area (Å²) in [5.41, 5.74) is 4.68. The van der Waals surface area contributed by atoms with Gasteiger partial charge in [0, 0.05) is 47.4 Å². The molecule has 5 rings (SSSR count). The Balaban J connectivity index is 1.40. The fourth-order valence-electron chi connectivity index (χ4n) is 4.15. The van der Waals surface area contributed by atoms with E-state index in [1.54, 1.807) is 23.6 Å². The number of aromatic nitrogens is 1. The summed E-state index contributed by atoms with van der Waals surface area (Å²) >= 11 is 8.27. The molecule has 2 aliphatic heterocycles. The van der Waals surface area contributed by atoms with Gasteiger partial charge in [0.25, 0.3) is 5.91 Å². The number of pyridine rings is 1. The molecule has 1 N–H and O–H groups in total. The Hall–Kier alpha value is -2.57. The van der Waals surface area contributed by atoms with Crippen LogP contribution in [0, 0.1) is 5.92 Å². The van der Waals surface area contributed by atoms with E-state index in [4.69, 9.17) is 16.3 Å². The standard InChI is InChI=1S/C24H24ClN3O2S/c1-15-5-9-28(10-6-15)24(29)16-2-3-19(20(25)12-16)21-13-17(14-31-21)18-4-7-27-23-22(18)26-8-11-30-23/h2-4,7,12-15,26H,5-6,8-11H2,1H3. The third-order valence-electron chi connectivity index (χ3n) is 6.02. The zero-order valence-corrected chi connectivity index (χ0v) is 18.9. The van der Waals surface area contributed by atoms with E-state index in [-0.39, 0.29) is 5.91 Å². The Labute approximate surface area is 191 Å². The summed E-state index contributed by atoms with van der Waals surface area (Å²) in [7, 11) is 0. The summed E-state index contributed by atoms with van der Waals surface area (Å²) in [6.07, 6.45) is 3.90. The summed E-state index contributed by atoms with van der Waals surface area (Å²) in [5, 5.41) is 6.11. The molecule has 1 fully saturated rings. The maximum absolute atomic E-state index is 12.9. The molecule has 5 nitrogen and oxygen atoms in total. The second-order valence-electron chi connectivity index (χ2n) is 8.18. The number of ether oxygens (including phenoxy) is 1. The number of amides is 1. The van der Waals surface area contributed by atoms with Crippen LogP contribution in [0.4, 0.5) is 5.69 Å². The van der Waals surface area contributed by atoms with Crippen LogP contribution in [0.2, 0.25) is 5.02 Å². The van der Waals surface area contributed by atoms with Crippen LogP contribution < -0.4 is 10.1 Å². The van der Waals surface area contributed by atoms with Gasteiger partial charge in [0.15, 0.2) is 0 Å². The van der Waals surface area contributed by atoms with E-state index < -0.39 is 0 Å². The van der Waals surface area contributed by atoms with Gasteiger partial charge in [0.1, 0.15) is 12.3 Å². The molecule has 0 unspecified atom stereocenters. The van der Waals surface area contributed by atoms with Crippen LogP contribution in [0.5, 0.6) is 5.88 Å². The number of hydrogen-bond donors (Lipinski definition) is 1. The first kappa shape index (κ1) is 20.3. The van der Waals surface area contributed by atoms with Crippen molar-refractivity contribution in [2.45, 2.75) is 19.8 Å². The average Bonchev–Trinajstić information content (AvgIpc) is 3.28. The Bertz CT molecular complexity index is 1120. The number of thiophene rings is 1. The highest BCUT2D eigenvalue weighted by Gasteiger charge is 2.22. The van der Waals surface area contributed by atoms with E-state index in [1.165, 1.54) is 0 Å². The van der Waals surface area contributed by atoms with Crippen molar-refractivity contribution >= 4 is 34.5 Å². The van der Waals surface area contributed by atoms with E-state index in [0.717, 1.165) is 59.7 Å². The molecule has 160 valence electrons. The minimum absolute atomic E-state index is 0.0710. The molecule has 0 bridgehead atoms. The van der Waals surface area contributed by atoms with E-state index in [1.807, 2.05) is 23.1 Å². The van der Waals surface area contributed by atoms with Gasteiger partial charge in [-0.3, -0.25) is 4.79 Å². The van der Waals surface area contributed by atoms with Crippen LogP contribution in [0.25, 0.3) is 21.6 Å². The van der Waals surface area contributed by atoms with E-state index in [0.29, 0.717) is 29.0 Å². The number of fused-ring (bicyclic) bond motifs is 1. The number of carbonyl (C=O) groups is 1. The van der Waals surface area contributed by atoms with E-state index in [9.17, 15) is 4.79 Å². The molecule has 1 amide bonds. The third-order valence-corrected chi connectivity index (χ3v) is 7.30. The van der Waals surface area contributed by atoms with Crippen molar-refractivity contribution in [1.29, 1.82) is 0 Å². The number of nitrogens with zero attached hydrogens (tertiary/aromatic N) is 2. The lowest BCUT2D eigenvalue weighted by Crippen LogP contribution is -2.37. The molecule has 1 saturated heterocycles. The van der Waals surface area contributed by atoms with Crippen molar-refractivity contribution in [3.05, 3.63) is 52.5 Å². The van der Waals surface area contributed by atoms with Crippen molar-refractivity contribution in [3.8, 4) is 27.4 Å². The number of anilines is 1. The summed E-state index contributed by atoms with van der Waals surface area (Å²) in [6.45, 7) is 5.27. The van der Waals surface area contributed by atoms with Crippen molar-refractivity contribution < 1.29 is 9.53 Å². The smallest absolute Gasteiger partial charge is 0.253 e. The van der Waals surface area contributed by atoms with Crippen molar-refractivity contribution in [1.82, 2.24) is 9.88 Å². The minimum Gasteiger partial charge on any atom is -0.474 e. The number of hydrogen-bond acceptors (Lipinski definition) is 5. The average molecular weight is 454 g/mol. The Morgan fingerprint density at radius 2 is 2.06 bits per heavy atom. The number of likely N-dealkylation sites (tertiary alicyclic amines) is 1. The Kier molecular flexibility index (Phi) is 5.59. The van der Waals surface area contributed by atoms with Gasteiger partial charge in [-0.15, -0.1) is 11.3 Å². The van der Waals surface area contributed by atoms with E-state index >= 15 is 0 Å². The van der Waals surface area contributed by atoms with Gasteiger partial charge < -0.3 is 15.0 Å². The number of rotatable bonds is 3. The lowest BCUT2D eigenvalue weighted by Gasteiger charge is -2.30. The highest BCUT2D eigenvalue weighted by Crippen LogP contribution is 2.41. The maximum Gasteiger partial charge on any atom is 0.253 e. The number of benzene rings is 1. The van der Waals surface area contributed by atoms with Crippen LogP contribution in [0.3, 0.4) is 0 Å². The van der Waals surface area contributed by atoms with Crippen molar-refractivity contribution in [3.63, 3.8) is 0 Å². The first-order valence-electron chi connectivity index (χ1n) is 10.6. The summed E-state index contributed by atoms with van der Waals surface area (Å²) < 4.78 is 5.66. The van der Waals surface area contributed by atoms with E-state index in [2.05, 4.69) is 28.7 Å². The van der Waals surface area contributed by atoms with Gasteiger partial charge in [0.2, 0.25) is 5.88 Å². The predicted molar refractivity (Wildman–Crippen MR) is 126 cm³/mol. The molecule has 31 heavy (non-hydrogen) atoms. The van der Waals surface area contributed by atoms with Crippen LogP contribution in [0.15, 0.2) is 41.9 Å². The molecule has 2 aromatic heterocycles. The fraction of sp³-hybridized carbons (Fsp3) is 0.333. The summed E-state index contributed by atoms with van der Waals surface area (Å²) in [4.78, 5) is 20.2. The Morgan fingerprint density at radius 1 is 1.23 bits per heavy atom. The molecule has 0 saturated carbocycles. The van der Waals surface area contributed by atoms with Gasteiger partial charge in [-0.25, -0.2) is 4.98 Å². The topological polar surface area (TPSA) is 54.5 Å². The van der Waals surface area contributed by atoms with Crippen LogP contribution in [0.1, 0.15) is 30.1 Å². The summed E-state index contributed by atoms with van der Waals surface area (Å²) in [5.74, 6) is 1.40. The highest BCUT2D eigenvalue weighted by atomic mass is 35.5. The second-order valence-corrected chi connectivity index (χ2v) is 9.50. The zero-order valence-electron chi connectivity index (χ0n) is 17.4. The number of carbonyl (C=O) groups excluding carboxylic acids is 1. The van der Waals surface area contributed by atoms with Gasteiger partial charge >= 0.3 is 0 Å². The molecular weight excluding hydrogens is 430 g/mol. The van der Waals surface area contributed by atoms with Crippen LogP contribution in [-0.2, 0) is 0 Å². The molecule has 0 atom stereocenters. The van der Waals surface area contributed by atoms with Gasteiger partial charge in [-0.05, 0) is 54.0 Å². The molecule has 0 aliphatic carbocycles. The third kappa shape index (κ3) is 4.02. The molecule has 4 heterocycles. The van der Waals surface area contributed by atoms with Crippen LogP contribution >= 0.6 is 22.9 Å². The zero-order chi connectivity index (χ0) is 21.4. The molecule has 3 aromatic rings. The number of nitrogens with one attached hydrogen (secondary N) is 1. The first-order chi connectivity index (χ1) is 15.1.